The van der Waals surface area contributed by atoms with Gasteiger partial charge in [0.25, 0.3) is 0 Å². The molecule has 1 aromatic carbocycles. The van der Waals surface area contributed by atoms with E-state index in [9.17, 15) is 5.11 Å². The average Bonchev–Trinajstić information content (AvgIpc) is 2.35. The maximum Gasteiger partial charge on any atom is 0.134 e. The number of methoxy groups -OCH3 is 2. The first-order chi connectivity index (χ1) is 8.78. The third kappa shape index (κ3) is 5.19. The molecule has 0 aliphatic carbocycles. The highest BCUT2D eigenvalue weighted by molar-refractivity contribution is 5.41. The van der Waals surface area contributed by atoms with Crippen LogP contribution in [0.4, 0.5) is 0 Å². The highest BCUT2D eigenvalue weighted by atomic mass is 35.5. The number of aliphatic hydroxyl groups excluding tert-OH is 1. The van der Waals surface area contributed by atoms with Gasteiger partial charge in [0.1, 0.15) is 23.6 Å². The van der Waals surface area contributed by atoms with Crippen molar-refractivity contribution in [2.75, 3.05) is 14.2 Å². The summed E-state index contributed by atoms with van der Waals surface area (Å²) in [7, 11) is 3.22. The second-order valence-corrected chi connectivity index (χ2v) is 5.94. The van der Waals surface area contributed by atoms with Crippen LogP contribution in [-0.2, 0) is 0 Å². The van der Waals surface area contributed by atoms with Crippen molar-refractivity contribution in [1.29, 1.82) is 0 Å². The molecule has 0 aliphatic rings. The standard InChI is InChI=1S/C15H25NO3.ClH/c1-10(16-15(2,3)4)14(17)12-9-11(18-5)7-8-13(12)19-6;/h7-10,14,16-17H,1-6H3;1H/t10-,14+;/m0./s1. The fraction of sp³-hybridized carbons (Fsp3) is 0.600. The molecule has 0 aromatic heterocycles. The van der Waals surface area contributed by atoms with Gasteiger partial charge in [-0.3, -0.25) is 0 Å². The van der Waals surface area contributed by atoms with Crippen LogP contribution in [0.1, 0.15) is 39.4 Å². The number of benzene rings is 1. The fourth-order valence-corrected chi connectivity index (χ4v) is 2.23. The molecule has 0 unspecified atom stereocenters. The van der Waals surface area contributed by atoms with Crippen molar-refractivity contribution < 1.29 is 32.3 Å². The van der Waals surface area contributed by atoms with Crippen LogP contribution in [0.25, 0.3) is 0 Å². The summed E-state index contributed by atoms with van der Waals surface area (Å²) in [6.45, 7) is 8.38. The first kappa shape index (κ1) is 19.0. The molecule has 3 N–H and O–H groups in total. The molecular weight excluding hydrogens is 278 g/mol. The Hall–Kier alpha value is -0.970. The van der Waals surface area contributed by atoms with Crippen molar-refractivity contribution >= 4 is 0 Å². The minimum atomic E-state index is -0.607. The van der Waals surface area contributed by atoms with Crippen molar-refractivity contribution in [2.45, 2.75) is 45.4 Å². The molecule has 1 rings (SSSR count). The lowest BCUT2D eigenvalue weighted by atomic mass is 9.99. The maximum absolute atomic E-state index is 10.5. The molecule has 5 heteroatoms. The van der Waals surface area contributed by atoms with Gasteiger partial charge in [-0.15, -0.1) is 0 Å². The summed E-state index contributed by atoms with van der Waals surface area (Å²) in [5.41, 5.74) is 0.821. The number of quaternary nitrogens is 1. The van der Waals surface area contributed by atoms with Crippen molar-refractivity contribution in [1.82, 2.24) is 0 Å². The Kier molecular flexibility index (Phi) is 7.34. The van der Waals surface area contributed by atoms with E-state index in [0.717, 1.165) is 11.3 Å². The third-order valence-electron chi connectivity index (χ3n) is 3.02. The highest BCUT2D eigenvalue weighted by Crippen LogP contribution is 2.30. The van der Waals surface area contributed by atoms with Gasteiger partial charge >= 0.3 is 0 Å². The van der Waals surface area contributed by atoms with E-state index in [1.807, 2.05) is 25.1 Å². The summed E-state index contributed by atoms with van der Waals surface area (Å²) in [4.78, 5) is 0. The number of hydrogen-bond donors (Lipinski definition) is 2. The fourth-order valence-electron chi connectivity index (χ4n) is 2.23. The smallest absolute Gasteiger partial charge is 0.134 e. The van der Waals surface area contributed by atoms with Crippen LogP contribution in [-0.4, -0.2) is 30.9 Å². The molecule has 0 radical (unpaired) electrons. The van der Waals surface area contributed by atoms with Crippen LogP contribution >= 0.6 is 0 Å². The van der Waals surface area contributed by atoms with Crippen LogP contribution in [0.5, 0.6) is 11.5 Å². The summed E-state index contributed by atoms with van der Waals surface area (Å²) < 4.78 is 10.5. The molecule has 0 fully saturated rings. The van der Waals surface area contributed by atoms with Gasteiger partial charge in [-0.2, -0.15) is 0 Å². The molecule has 0 aliphatic heterocycles. The van der Waals surface area contributed by atoms with Crippen molar-refractivity contribution in [3.63, 3.8) is 0 Å². The van der Waals surface area contributed by atoms with Gasteiger partial charge in [-0.1, -0.05) is 0 Å². The first-order valence-corrected chi connectivity index (χ1v) is 6.54. The van der Waals surface area contributed by atoms with Crippen LogP contribution in [0, 0.1) is 0 Å². The molecule has 2 atom stereocenters. The van der Waals surface area contributed by atoms with Gasteiger partial charge in [-0.25, -0.2) is 0 Å². The van der Waals surface area contributed by atoms with Crippen LogP contribution < -0.4 is 27.2 Å². The Labute approximate surface area is 127 Å². The number of halogens is 1. The minimum absolute atomic E-state index is 0. The van der Waals surface area contributed by atoms with Gasteiger partial charge in [0, 0.05) is 5.56 Å². The van der Waals surface area contributed by atoms with E-state index in [2.05, 4.69) is 26.1 Å². The largest absolute Gasteiger partial charge is 1.00 e. The summed E-state index contributed by atoms with van der Waals surface area (Å²) in [6, 6.07) is 5.51. The van der Waals surface area contributed by atoms with Gasteiger partial charge in [0.15, 0.2) is 0 Å². The second kappa shape index (κ2) is 7.72. The van der Waals surface area contributed by atoms with Gasteiger partial charge in [0.05, 0.1) is 19.8 Å². The number of aliphatic hydroxyl groups is 1. The monoisotopic (exact) mass is 303 g/mol. The van der Waals surface area contributed by atoms with Gasteiger partial charge < -0.3 is 32.3 Å². The summed E-state index contributed by atoms with van der Waals surface area (Å²) in [5.74, 6) is 1.40. The average molecular weight is 304 g/mol. The third-order valence-corrected chi connectivity index (χ3v) is 3.02. The van der Waals surface area contributed by atoms with E-state index in [1.54, 1.807) is 14.2 Å². The van der Waals surface area contributed by atoms with Gasteiger partial charge in [0.2, 0.25) is 0 Å². The summed E-state index contributed by atoms with van der Waals surface area (Å²) >= 11 is 0. The first-order valence-electron chi connectivity index (χ1n) is 6.54. The summed E-state index contributed by atoms with van der Waals surface area (Å²) in [6.07, 6.45) is -0.607. The molecule has 0 saturated heterocycles. The number of hydrogen-bond acceptors (Lipinski definition) is 3. The normalized spacial score (nSPS) is 14.2. The predicted molar refractivity (Wildman–Crippen MR) is 75.6 cm³/mol. The second-order valence-electron chi connectivity index (χ2n) is 5.94. The molecule has 116 valence electrons. The van der Waals surface area contributed by atoms with E-state index in [1.165, 1.54) is 0 Å². The number of nitrogens with two attached hydrogens (primary N) is 1. The molecule has 0 bridgehead atoms. The number of ether oxygens (including phenoxy) is 2. The molecule has 20 heavy (non-hydrogen) atoms. The zero-order valence-corrected chi connectivity index (χ0v) is 13.9. The van der Waals surface area contributed by atoms with Crippen molar-refractivity contribution in [2.24, 2.45) is 0 Å². The SMILES string of the molecule is COc1ccc(OC)c([C@H](O)[C@H](C)[NH2+]C(C)(C)C)c1.[Cl-]. The van der Waals surface area contributed by atoms with E-state index >= 15 is 0 Å². The van der Waals surface area contributed by atoms with E-state index < -0.39 is 6.10 Å². The molecule has 4 nitrogen and oxygen atoms in total. The highest BCUT2D eigenvalue weighted by Gasteiger charge is 2.27. The Balaban J connectivity index is 0.00000361. The zero-order chi connectivity index (χ0) is 14.6. The molecule has 0 spiro atoms. The molecular formula is C15H26ClNO3. The summed E-state index contributed by atoms with van der Waals surface area (Å²) in [5, 5.41) is 12.7. The van der Waals surface area contributed by atoms with E-state index in [0.29, 0.717) is 5.75 Å². The van der Waals surface area contributed by atoms with Crippen molar-refractivity contribution in [3.8, 4) is 11.5 Å². The van der Waals surface area contributed by atoms with Crippen molar-refractivity contribution in [3.05, 3.63) is 23.8 Å². The van der Waals surface area contributed by atoms with E-state index in [-0.39, 0.29) is 24.0 Å². The Morgan fingerprint density at radius 1 is 1.15 bits per heavy atom. The van der Waals surface area contributed by atoms with E-state index in [4.69, 9.17) is 9.47 Å². The Morgan fingerprint density at radius 2 is 1.75 bits per heavy atom. The molecule has 0 heterocycles. The topological polar surface area (TPSA) is 55.3 Å². The maximum atomic E-state index is 10.5. The lowest BCUT2D eigenvalue weighted by Gasteiger charge is -2.26. The lowest BCUT2D eigenvalue weighted by Crippen LogP contribution is -3.00. The molecule has 1 aromatic rings. The number of rotatable bonds is 5. The van der Waals surface area contributed by atoms with Crippen LogP contribution in [0.2, 0.25) is 0 Å². The van der Waals surface area contributed by atoms with Gasteiger partial charge in [-0.05, 0) is 45.9 Å². The van der Waals surface area contributed by atoms with Crippen LogP contribution in [0.15, 0.2) is 18.2 Å². The minimum Gasteiger partial charge on any atom is -1.00 e. The van der Waals surface area contributed by atoms with Crippen LogP contribution in [0.3, 0.4) is 0 Å². The molecule has 0 amide bonds. The molecule has 0 saturated carbocycles. The Bertz CT molecular complexity index is 418. The zero-order valence-electron chi connectivity index (χ0n) is 13.1. The predicted octanol–water partition coefficient (Wildman–Crippen LogP) is -1.51. The Morgan fingerprint density at radius 3 is 2.20 bits per heavy atom. The quantitative estimate of drug-likeness (QED) is 0.696. The lowest BCUT2D eigenvalue weighted by molar-refractivity contribution is -0.751.